The molecule has 25 heavy (non-hydrogen) atoms. The van der Waals surface area contributed by atoms with Crippen molar-refractivity contribution in [2.45, 2.75) is 6.67 Å². The molecule has 4 rings (SSSR count). The summed E-state index contributed by atoms with van der Waals surface area (Å²) in [7, 11) is 0. The minimum Gasteiger partial charge on any atom is -0.334 e. The van der Waals surface area contributed by atoms with Crippen molar-refractivity contribution in [1.29, 1.82) is 0 Å². The van der Waals surface area contributed by atoms with Crippen LogP contribution in [-0.2, 0) is 6.67 Å². The Balaban J connectivity index is 1.73. The van der Waals surface area contributed by atoms with Crippen LogP contribution in [0.3, 0.4) is 0 Å². The van der Waals surface area contributed by atoms with E-state index in [1.807, 2.05) is 54.6 Å². The Morgan fingerprint density at radius 3 is 2.60 bits per heavy atom. The molecule has 3 aromatic rings. The van der Waals surface area contributed by atoms with Crippen LogP contribution >= 0.6 is 43.2 Å². The standard InChI is InChI=1S/C18H13Br2N3OS/c19-13-4-1-3-12(7-13)8-16-17(24)23-11-22(10-21-18(23)25-16)15-6-2-5-14(20)9-15/h1-9H,10-11H2. The minimum atomic E-state index is 0.00317. The third kappa shape index (κ3) is 3.49. The third-order valence-corrected chi connectivity index (χ3v) is 5.93. The summed E-state index contributed by atoms with van der Waals surface area (Å²) in [5, 5.41) is 0. The fraction of sp³-hybridized carbons (Fsp3) is 0.111. The number of anilines is 1. The highest BCUT2D eigenvalue weighted by atomic mass is 79.9. The molecule has 0 amide bonds. The van der Waals surface area contributed by atoms with Crippen molar-refractivity contribution in [3.63, 3.8) is 0 Å². The van der Waals surface area contributed by atoms with Crippen molar-refractivity contribution < 1.29 is 0 Å². The highest BCUT2D eigenvalue weighted by Crippen LogP contribution is 2.20. The normalized spacial score (nSPS) is 14.3. The molecule has 4 nitrogen and oxygen atoms in total. The van der Waals surface area contributed by atoms with Gasteiger partial charge in [0.2, 0.25) is 0 Å². The van der Waals surface area contributed by atoms with E-state index in [4.69, 9.17) is 0 Å². The molecule has 7 heteroatoms. The van der Waals surface area contributed by atoms with Crippen LogP contribution in [0.25, 0.3) is 6.08 Å². The second-order valence-corrected chi connectivity index (χ2v) is 8.48. The average Bonchev–Trinajstić information content (AvgIpc) is 2.90. The van der Waals surface area contributed by atoms with Crippen molar-refractivity contribution in [3.8, 4) is 0 Å². The number of thiazole rings is 1. The van der Waals surface area contributed by atoms with Gasteiger partial charge in [0.05, 0.1) is 4.53 Å². The molecule has 1 aromatic heterocycles. The summed E-state index contributed by atoms with van der Waals surface area (Å²) in [6, 6.07) is 15.9. The Morgan fingerprint density at radius 1 is 1.08 bits per heavy atom. The fourth-order valence-corrected chi connectivity index (χ4v) is 4.46. The van der Waals surface area contributed by atoms with Crippen LogP contribution in [0.5, 0.6) is 0 Å². The molecule has 0 spiro atoms. The molecular formula is C18H13Br2N3OS. The van der Waals surface area contributed by atoms with Gasteiger partial charge in [0.1, 0.15) is 13.3 Å². The molecule has 2 aromatic carbocycles. The van der Waals surface area contributed by atoms with Crippen molar-refractivity contribution in [2.24, 2.45) is 4.99 Å². The average molecular weight is 479 g/mol. The molecule has 0 aliphatic carbocycles. The van der Waals surface area contributed by atoms with E-state index in [-0.39, 0.29) is 5.56 Å². The first kappa shape index (κ1) is 16.8. The molecular weight excluding hydrogens is 466 g/mol. The van der Waals surface area contributed by atoms with Gasteiger partial charge in [-0.1, -0.05) is 61.4 Å². The lowest BCUT2D eigenvalue weighted by Crippen LogP contribution is -2.42. The van der Waals surface area contributed by atoms with Gasteiger partial charge in [0.25, 0.3) is 5.56 Å². The topological polar surface area (TPSA) is 37.6 Å². The van der Waals surface area contributed by atoms with Gasteiger partial charge in [-0.3, -0.25) is 9.36 Å². The number of hydrogen-bond donors (Lipinski definition) is 0. The Kier molecular flexibility index (Phi) is 4.62. The van der Waals surface area contributed by atoms with Crippen LogP contribution in [0.4, 0.5) is 5.69 Å². The van der Waals surface area contributed by atoms with E-state index >= 15 is 0 Å². The Morgan fingerprint density at radius 2 is 1.84 bits per heavy atom. The van der Waals surface area contributed by atoms with Crippen molar-refractivity contribution in [2.75, 3.05) is 11.6 Å². The molecule has 0 saturated heterocycles. The van der Waals surface area contributed by atoms with Crippen molar-refractivity contribution in [1.82, 2.24) is 4.57 Å². The van der Waals surface area contributed by atoms with E-state index in [9.17, 15) is 4.79 Å². The van der Waals surface area contributed by atoms with E-state index in [2.05, 4.69) is 41.8 Å². The number of benzene rings is 2. The maximum atomic E-state index is 12.8. The molecule has 126 valence electrons. The van der Waals surface area contributed by atoms with Crippen LogP contribution in [0.1, 0.15) is 5.56 Å². The molecule has 0 fully saturated rings. The third-order valence-electron chi connectivity index (χ3n) is 3.90. The molecule has 0 atom stereocenters. The summed E-state index contributed by atoms with van der Waals surface area (Å²) in [6.07, 6.45) is 1.92. The lowest BCUT2D eigenvalue weighted by Gasteiger charge is -2.25. The molecule has 0 saturated carbocycles. The van der Waals surface area contributed by atoms with Crippen LogP contribution in [0.15, 0.2) is 67.3 Å². The Labute approximate surface area is 165 Å². The smallest absolute Gasteiger partial charge is 0.271 e. The summed E-state index contributed by atoms with van der Waals surface area (Å²) in [6.45, 7) is 1.06. The second-order valence-electron chi connectivity index (χ2n) is 5.64. The number of hydrogen-bond acceptors (Lipinski definition) is 4. The number of rotatable bonds is 2. The Bertz CT molecular complexity index is 1120. The highest BCUT2D eigenvalue weighted by molar-refractivity contribution is 9.10. The number of nitrogens with zero attached hydrogens (tertiary/aromatic N) is 3. The van der Waals surface area contributed by atoms with Crippen LogP contribution in [-0.4, -0.2) is 11.2 Å². The summed E-state index contributed by atoms with van der Waals surface area (Å²) < 4.78 is 4.44. The number of fused-ring (bicyclic) bond motifs is 1. The molecule has 0 unspecified atom stereocenters. The van der Waals surface area contributed by atoms with Gasteiger partial charge in [-0.05, 0) is 42.0 Å². The zero-order chi connectivity index (χ0) is 17.4. The predicted molar refractivity (Wildman–Crippen MR) is 109 cm³/mol. The lowest BCUT2D eigenvalue weighted by atomic mass is 10.2. The zero-order valence-electron chi connectivity index (χ0n) is 13.0. The van der Waals surface area contributed by atoms with Gasteiger partial charge in [0.15, 0.2) is 4.80 Å². The van der Waals surface area contributed by atoms with Gasteiger partial charge in [0, 0.05) is 14.6 Å². The number of aromatic nitrogens is 1. The monoisotopic (exact) mass is 477 g/mol. The van der Waals surface area contributed by atoms with E-state index < -0.39 is 0 Å². The second kappa shape index (κ2) is 6.90. The summed E-state index contributed by atoms with van der Waals surface area (Å²) >= 11 is 8.39. The van der Waals surface area contributed by atoms with Gasteiger partial charge < -0.3 is 4.90 Å². The van der Waals surface area contributed by atoms with Crippen molar-refractivity contribution in [3.05, 3.63) is 82.7 Å². The minimum absolute atomic E-state index is 0.00317. The van der Waals surface area contributed by atoms with Crippen molar-refractivity contribution >= 4 is 55.0 Å². The molecule has 2 heterocycles. The van der Waals surface area contributed by atoms with E-state index in [0.29, 0.717) is 17.9 Å². The predicted octanol–water partition coefficient (Wildman–Crippen LogP) is 3.32. The van der Waals surface area contributed by atoms with Crippen LogP contribution < -0.4 is 19.8 Å². The van der Waals surface area contributed by atoms with E-state index in [0.717, 1.165) is 25.0 Å². The SMILES string of the molecule is O=c1c(=Cc2cccc(Br)c2)sc2n1CN(c1cccc(Br)c1)CN=2. The van der Waals surface area contributed by atoms with Gasteiger partial charge in [-0.15, -0.1) is 0 Å². The maximum Gasteiger partial charge on any atom is 0.271 e. The molecule has 1 aliphatic rings. The molecule has 0 radical (unpaired) electrons. The highest BCUT2D eigenvalue weighted by Gasteiger charge is 2.16. The van der Waals surface area contributed by atoms with E-state index in [1.165, 1.54) is 11.3 Å². The van der Waals surface area contributed by atoms with Gasteiger partial charge in [-0.25, -0.2) is 4.99 Å². The Hall–Kier alpha value is -1.70. The quantitative estimate of drug-likeness (QED) is 0.566. The first-order chi connectivity index (χ1) is 12.1. The molecule has 0 bridgehead atoms. The zero-order valence-corrected chi connectivity index (χ0v) is 17.0. The number of halogens is 2. The van der Waals surface area contributed by atoms with Crippen LogP contribution in [0.2, 0.25) is 0 Å². The maximum absolute atomic E-state index is 12.8. The first-order valence-electron chi connectivity index (χ1n) is 7.62. The lowest BCUT2D eigenvalue weighted by molar-refractivity contribution is 0.569. The molecule has 0 N–H and O–H groups in total. The first-order valence-corrected chi connectivity index (χ1v) is 10.0. The molecule has 1 aliphatic heterocycles. The van der Waals surface area contributed by atoms with Gasteiger partial charge >= 0.3 is 0 Å². The van der Waals surface area contributed by atoms with Crippen LogP contribution in [0, 0.1) is 0 Å². The van der Waals surface area contributed by atoms with Gasteiger partial charge in [-0.2, -0.15) is 0 Å². The van der Waals surface area contributed by atoms with E-state index in [1.54, 1.807) is 4.57 Å². The summed E-state index contributed by atoms with van der Waals surface area (Å²) in [5.41, 5.74) is 2.04. The summed E-state index contributed by atoms with van der Waals surface area (Å²) in [4.78, 5) is 20.2. The largest absolute Gasteiger partial charge is 0.334 e. The fourth-order valence-electron chi connectivity index (χ4n) is 2.70. The summed E-state index contributed by atoms with van der Waals surface area (Å²) in [5.74, 6) is 0.